The Morgan fingerprint density at radius 2 is 1.90 bits per heavy atom. The maximum absolute atomic E-state index is 9.85. The quantitative estimate of drug-likeness (QED) is 0.483. The van der Waals surface area contributed by atoms with Crippen LogP contribution in [0.4, 0.5) is 0 Å². The van der Waals surface area contributed by atoms with Gasteiger partial charge in [0, 0.05) is 0 Å². The summed E-state index contributed by atoms with van der Waals surface area (Å²) >= 11 is 0. The van der Waals surface area contributed by atoms with Gasteiger partial charge in [-0.25, -0.2) is 0 Å². The average molecular weight is 267 g/mol. The Morgan fingerprint density at radius 3 is 2.00 bits per heavy atom. The molecule has 0 amide bonds. The molecule has 0 rings (SSSR count). The Balaban J connectivity index is -0.000000320. The summed E-state index contributed by atoms with van der Waals surface area (Å²) in [6, 6.07) is -1.29. The minimum atomic E-state index is -1.29. The van der Waals surface area contributed by atoms with Crippen molar-refractivity contribution in [2.75, 3.05) is 0 Å². The summed E-state index contributed by atoms with van der Waals surface area (Å²) in [5.74, 6) is -2.50. The molecule has 0 aliphatic rings. The molecule has 0 aromatic heterocycles. The van der Waals surface area contributed by atoms with Gasteiger partial charge in [0.1, 0.15) is 6.04 Å². The second-order valence-electron chi connectivity index (χ2n) is 1.54. The summed E-state index contributed by atoms with van der Waals surface area (Å²) in [6.07, 6.45) is -0.532. The molecule has 0 fully saturated rings. The molecule has 1 unspecified atom stereocenters. The molecular formula is C4H8CsNO4. The van der Waals surface area contributed by atoms with E-state index in [1.54, 1.807) is 0 Å². The molecule has 54 valence electrons. The summed E-state index contributed by atoms with van der Waals surface area (Å²) in [4.78, 5) is 19.6. The van der Waals surface area contributed by atoms with E-state index >= 15 is 0 Å². The molecule has 10 heavy (non-hydrogen) atoms. The van der Waals surface area contributed by atoms with E-state index in [-0.39, 0.29) is 70.3 Å². The first kappa shape index (κ1) is 13.5. The van der Waals surface area contributed by atoms with Crippen LogP contribution in [-0.2, 0) is 9.59 Å². The summed E-state index contributed by atoms with van der Waals surface area (Å²) in [6.45, 7) is 0. The topological polar surface area (TPSA) is 101 Å². The number of aliphatic carboxylic acids is 2. The Kier molecular flexibility index (Phi) is 9.00. The van der Waals surface area contributed by atoms with E-state index in [9.17, 15) is 9.59 Å². The molecule has 0 aliphatic heterocycles. The van der Waals surface area contributed by atoms with Crippen LogP contribution in [0, 0.1) is 0 Å². The molecule has 0 bridgehead atoms. The summed E-state index contributed by atoms with van der Waals surface area (Å²) in [5.41, 5.74) is 4.84. The van der Waals surface area contributed by atoms with Crippen LogP contribution in [0.3, 0.4) is 0 Å². The van der Waals surface area contributed by atoms with E-state index in [1.807, 2.05) is 0 Å². The van der Waals surface area contributed by atoms with Crippen LogP contribution in [-0.4, -0.2) is 28.2 Å². The van der Waals surface area contributed by atoms with Crippen LogP contribution in [0.15, 0.2) is 0 Å². The minimum absolute atomic E-state index is 0. The Morgan fingerprint density at radius 1 is 1.50 bits per heavy atom. The van der Waals surface area contributed by atoms with Crippen molar-refractivity contribution in [2.24, 2.45) is 5.73 Å². The van der Waals surface area contributed by atoms with Crippen LogP contribution in [0.5, 0.6) is 0 Å². The predicted octanol–water partition coefficient (Wildman–Crippen LogP) is -4.01. The number of rotatable bonds is 3. The zero-order valence-electron chi connectivity index (χ0n) is 6.57. The Bertz CT molecular complexity index is 142. The summed E-state index contributed by atoms with van der Waals surface area (Å²) < 4.78 is 0. The largest absolute Gasteiger partial charge is 1.00 e. The third-order valence-corrected chi connectivity index (χ3v) is 0.712. The first-order chi connectivity index (χ1) is 4.04. The van der Waals surface area contributed by atoms with E-state index in [1.165, 1.54) is 0 Å². The van der Waals surface area contributed by atoms with Gasteiger partial charge in [-0.2, -0.15) is 0 Å². The van der Waals surface area contributed by atoms with E-state index < -0.39 is 24.4 Å². The summed E-state index contributed by atoms with van der Waals surface area (Å²) in [5, 5.41) is 16.0. The standard InChI is InChI=1S/C4H7NO4.Cs.H/c5-2(4(8)9)1-3(6)7;;/h2H,1,5H2,(H,6,7)(H,8,9);;/q;+1;-1. The fourth-order valence-electron chi connectivity index (χ4n) is 0.275. The fraction of sp³-hybridized carbons (Fsp3) is 0.500. The van der Waals surface area contributed by atoms with Crippen molar-refractivity contribution >= 4 is 11.9 Å². The molecule has 5 nitrogen and oxygen atoms in total. The molecule has 0 spiro atoms. The molecule has 0 saturated heterocycles. The second kappa shape index (κ2) is 6.65. The zero-order chi connectivity index (χ0) is 7.44. The van der Waals surface area contributed by atoms with Gasteiger partial charge in [-0.1, -0.05) is 0 Å². The number of hydrogen-bond acceptors (Lipinski definition) is 3. The first-order valence-corrected chi connectivity index (χ1v) is 2.24. The van der Waals surface area contributed by atoms with Gasteiger partial charge in [0.2, 0.25) is 0 Å². The maximum atomic E-state index is 9.85. The van der Waals surface area contributed by atoms with Gasteiger partial charge < -0.3 is 17.4 Å². The van der Waals surface area contributed by atoms with E-state index in [2.05, 4.69) is 0 Å². The molecule has 0 heterocycles. The number of hydrogen-bond donors (Lipinski definition) is 3. The van der Waals surface area contributed by atoms with E-state index in [0.717, 1.165) is 0 Å². The number of carboxylic acid groups (broad SMARTS) is 2. The summed E-state index contributed by atoms with van der Waals surface area (Å²) in [7, 11) is 0. The molecule has 0 radical (unpaired) electrons. The van der Waals surface area contributed by atoms with E-state index in [4.69, 9.17) is 15.9 Å². The monoisotopic (exact) mass is 267 g/mol. The SMILES string of the molecule is NC(CC(=O)O)C(=O)O.[Cs+].[H-]. The normalized spacial score (nSPS) is 11.3. The van der Waals surface area contributed by atoms with Crippen molar-refractivity contribution in [1.29, 1.82) is 0 Å². The number of nitrogens with two attached hydrogens (primary N) is 1. The molecular weight excluding hydrogens is 259 g/mol. The Hall–Kier alpha value is 0.952. The third kappa shape index (κ3) is 7.06. The van der Waals surface area contributed by atoms with Crippen molar-refractivity contribution in [2.45, 2.75) is 12.5 Å². The first-order valence-electron chi connectivity index (χ1n) is 2.24. The van der Waals surface area contributed by atoms with Crippen molar-refractivity contribution in [3.8, 4) is 0 Å². The molecule has 4 N–H and O–H groups in total. The predicted molar refractivity (Wildman–Crippen MR) is 29.0 cm³/mol. The van der Waals surface area contributed by atoms with Gasteiger partial charge in [-0.3, -0.25) is 9.59 Å². The number of carboxylic acids is 2. The Labute approximate surface area is 118 Å². The average Bonchev–Trinajstić information content (AvgIpc) is 1.63. The van der Waals surface area contributed by atoms with Crippen molar-refractivity contribution in [3.05, 3.63) is 0 Å². The second-order valence-corrected chi connectivity index (χ2v) is 1.54. The fourth-order valence-corrected chi connectivity index (χ4v) is 0.275. The van der Waals surface area contributed by atoms with Crippen LogP contribution >= 0.6 is 0 Å². The molecule has 0 aliphatic carbocycles. The van der Waals surface area contributed by atoms with Crippen LogP contribution in [0.1, 0.15) is 7.85 Å². The van der Waals surface area contributed by atoms with Crippen LogP contribution < -0.4 is 74.6 Å². The van der Waals surface area contributed by atoms with Crippen molar-refractivity contribution in [1.82, 2.24) is 0 Å². The molecule has 6 heteroatoms. The van der Waals surface area contributed by atoms with Crippen molar-refractivity contribution in [3.63, 3.8) is 0 Å². The smallest absolute Gasteiger partial charge is 1.00 e. The number of carbonyl (C=O) groups is 2. The maximum Gasteiger partial charge on any atom is 1.00 e. The minimum Gasteiger partial charge on any atom is -1.00 e. The van der Waals surface area contributed by atoms with E-state index in [0.29, 0.717) is 0 Å². The molecule has 0 aromatic carbocycles. The third-order valence-electron chi connectivity index (χ3n) is 0.712. The van der Waals surface area contributed by atoms with Gasteiger partial charge in [-0.05, 0) is 0 Å². The van der Waals surface area contributed by atoms with Gasteiger partial charge in [0.05, 0.1) is 6.42 Å². The van der Waals surface area contributed by atoms with Gasteiger partial charge >= 0.3 is 80.8 Å². The molecule has 0 saturated carbocycles. The zero-order valence-corrected chi connectivity index (χ0v) is 11.9. The van der Waals surface area contributed by atoms with Gasteiger partial charge in [-0.15, -0.1) is 0 Å². The molecule has 0 aromatic rings. The van der Waals surface area contributed by atoms with Gasteiger partial charge in [0.25, 0.3) is 0 Å². The van der Waals surface area contributed by atoms with Crippen LogP contribution in [0.2, 0.25) is 0 Å². The molecule has 1 atom stereocenters. The van der Waals surface area contributed by atoms with Crippen molar-refractivity contribution < 1.29 is 90.1 Å². The van der Waals surface area contributed by atoms with Crippen LogP contribution in [0.25, 0.3) is 0 Å². The van der Waals surface area contributed by atoms with Gasteiger partial charge in [0.15, 0.2) is 0 Å².